The van der Waals surface area contributed by atoms with Crippen molar-refractivity contribution < 1.29 is 31.9 Å². The number of Topliss-reactive ketones (excluding diaryl/α,β-unsaturated/α-hetero) is 1. The van der Waals surface area contributed by atoms with E-state index in [1.807, 2.05) is 0 Å². The van der Waals surface area contributed by atoms with Crippen LogP contribution in [0.4, 0.5) is 0 Å². The molecular formula is C20H19NO8S2. The SMILES string of the molecule is CS(=O)(=O)NCCc1ccc(C(=O)COC(=O)COc2ccc3ccc(=O)oc3c2)s1. The van der Waals surface area contributed by atoms with E-state index in [1.54, 1.807) is 30.3 Å². The predicted octanol–water partition coefficient (Wildman–Crippen LogP) is 1.75. The lowest BCUT2D eigenvalue weighted by Crippen LogP contribution is -2.24. The number of sulfonamides is 1. The first-order valence-corrected chi connectivity index (χ1v) is 11.8. The number of carbonyl (C=O) groups excluding carboxylic acids is 2. The molecule has 0 aliphatic heterocycles. The highest BCUT2D eigenvalue weighted by Gasteiger charge is 2.13. The van der Waals surface area contributed by atoms with Crippen molar-refractivity contribution in [1.29, 1.82) is 0 Å². The molecule has 2 heterocycles. The highest BCUT2D eigenvalue weighted by Crippen LogP contribution is 2.20. The highest BCUT2D eigenvalue weighted by atomic mass is 32.2. The summed E-state index contributed by atoms with van der Waals surface area (Å²) >= 11 is 1.21. The van der Waals surface area contributed by atoms with E-state index in [9.17, 15) is 22.8 Å². The maximum absolute atomic E-state index is 12.2. The van der Waals surface area contributed by atoms with Crippen LogP contribution in [0.3, 0.4) is 0 Å². The zero-order valence-electron chi connectivity index (χ0n) is 16.5. The van der Waals surface area contributed by atoms with Gasteiger partial charge in [0.1, 0.15) is 11.3 Å². The van der Waals surface area contributed by atoms with Gasteiger partial charge in [0.2, 0.25) is 15.8 Å². The Bertz CT molecular complexity index is 1260. The molecule has 31 heavy (non-hydrogen) atoms. The molecule has 2 aromatic heterocycles. The summed E-state index contributed by atoms with van der Waals surface area (Å²) < 4.78 is 39.8. The molecule has 0 fully saturated rings. The van der Waals surface area contributed by atoms with E-state index in [4.69, 9.17) is 13.9 Å². The molecule has 0 unspecified atom stereocenters. The first-order chi connectivity index (χ1) is 14.7. The zero-order chi connectivity index (χ0) is 22.4. The number of esters is 1. The fourth-order valence-corrected chi connectivity index (χ4v) is 3.96. The molecule has 1 aromatic carbocycles. The van der Waals surface area contributed by atoms with Gasteiger partial charge < -0.3 is 13.9 Å². The summed E-state index contributed by atoms with van der Waals surface area (Å²) in [6.07, 6.45) is 1.52. The van der Waals surface area contributed by atoms with Crippen LogP contribution in [0, 0.1) is 0 Å². The summed E-state index contributed by atoms with van der Waals surface area (Å²) in [5.41, 5.74) is -0.167. The number of nitrogens with one attached hydrogen (secondary N) is 1. The van der Waals surface area contributed by atoms with Crippen molar-refractivity contribution in [2.45, 2.75) is 6.42 Å². The topological polar surface area (TPSA) is 129 Å². The van der Waals surface area contributed by atoms with E-state index < -0.39 is 34.8 Å². The van der Waals surface area contributed by atoms with Gasteiger partial charge in [-0.2, -0.15) is 0 Å². The van der Waals surface area contributed by atoms with Gasteiger partial charge in [-0.15, -0.1) is 11.3 Å². The Balaban J connectivity index is 1.45. The molecule has 0 atom stereocenters. The third kappa shape index (κ3) is 7.02. The summed E-state index contributed by atoms with van der Waals surface area (Å²) in [6.45, 7) is -0.615. The smallest absolute Gasteiger partial charge is 0.344 e. The molecule has 0 spiro atoms. The molecule has 0 aliphatic rings. The van der Waals surface area contributed by atoms with Crippen LogP contribution < -0.4 is 15.1 Å². The second-order valence-corrected chi connectivity index (χ2v) is 9.51. The lowest BCUT2D eigenvalue weighted by Gasteiger charge is -2.07. The molecule has 0 amide bonds. The van der Waals surface area contributed by atoms with Gasteiger partial charge in [-0.1, -0.05) is 0 Å². The number of fused-ring (bicyclic) bond motifs is 1. The first-order valence-electron chi connectivity index (χ1n) is 9.08. The Labute approximate surface area is 181 Å². The third-order valence-corrected chi connectivity index (χ3v) is 5.90. The zero-order valence-corrected chi connectivity index (χ0v) is 18.1. The lowest BCUT2D eigenvalue weighted by atomic mass is 10.2. The molecule has 0 bridgehead atoms. The van der Waals surface area contributed by atoms with E-state index in [0.717, 1.165) is 11.1 Å². The largest absolute Gasteiger partial charge is 0.482 e. The number of hydrogen-bond acceptors (Lipinski definition) is 9. The maximum atomic E-state index is 12.2. The fourth-order valence-electron chi connectivity index (χ4n) is 2.55. The molecule has 3 aromatic rings. The summed E-state index contributed by atoms with van der Waals surface area (Å²) in [5, 5.41) is 0.711. The van der Waals surface area contributed by atoms with Crippen molar-refractivity contribution >= 4 is 44.1 Å². The van der Waals surface area contributed by atoms with Gasteiger partial charge >= 0.3 is 11.6 Å². The van der Waals surface area contributed by atoms with Gasteiger partial charge in [-0.25, -0.2) is 22.7 Å². The van der Waals surface area contributed by atoms with E-state index >= 15 is 0 Å². The number of ether oxygens (including phenoxy) is 2. The number of benzene rings is 1. The summed E-state index contributed by atoms with van der Waals surface area (Å²) in [5.74, 6) is -0.777. The minimum absolute atomic E-state index is 0.234. The van der Waals surface area contributed by atoms with Crippen molar-refractivity contribution in [3.8, 4) is 5.75 Å². The van der Waals surface area contributed by atoms with Crippen LogP contribution in [-0.2, 0) is 26.0 Å². The fraction of sp³-hybridized carbons (Fsp3) is 0.250. The normalized spacial score (nSPS) is 11.4. The maximum Gasteiger partial charge on any atom is 0.344 e. The predicted molar refractivity (Wildman–Crippen MR) is 114 cm³/mol. The monoisotopic (exact) mass is 465 g/mol. The first kappa shape index (κ1) is 22.7. The average Bonchev–Trinajstić information content (AvgIpc) is 3.18. The summed E-state index contributed by atoms with van der Waals surface area (Å²) in [7, 11) is -3.26. The molecular weight excluding hydrogens is 446 g/mol. The Hall–Kier alpha value is -3.02. The third-order valence-electron chi connectivity index (χ3n) is 3.99. The van der Waals surface area contributed by atoms with Crippen LogP contribution in [0.15, 0.2) is 51.7 Å². The molecule has 11 heteroatoms. The van der Waals surface area contributed by atoms with Crippen LogP contribution in [-0.4, -0.2) is 46.2 Å². The summed E-state index contributed by atoms with van der Waals surface area (Å²) in [4.78, 5) is 36.6. The number of rotatable bonds is 10. The van der Waals surface area contributed by atoms with Crippen LogP contribution in [0.2, 0.25) is 0 Å². The lowest BCUT2D eigenvalue weighted by molar-refractivity contribution is -0.144. The molecule has 3 rings (SSSR count). The van der Waals surface area contributed by atoms with Crippen molar-refractivity contribution in [3.63, 3.8) is 0 Å². The minimum Gasteiger partial charge on any atom is -0.482 e. The Morgan fingerprint density at radius 1 is 1.10 bits per heavy atom. The number of ketones is 1. The molecule has 0 saturated heterocycles. The summed E-state index contributed by atoms with van der Waals surface area (Å²) in [6, 6.07) is 11.0. The van der Waals surface area contributed by atoms with Crippen LogP contribution >= 0.6 is 11.3 Å². The Kier molecular flexibility index (Phi) is 7.21. The van der Waals surface area contributed by atoms with Gasteiger partial charge in [0, 0.05) is 28.9 Å². The average molecular weight is 466 g/mol. The number of thiophene rings is 1. The Morgan fingerprint density at radius 3 is 2.65 bits per heavy atom. The second-order valence-electron chi connectivity index (χ2n) is 6.51. The van der Waals surface area contributed by atoms with Crippen LogP contribution in [0.5, 0.6) is 5.75 Å². The molecule has 0 saturated carbocycles. The van der Waals surface area contributed by atoms with Crippen molar-refractivity contribution in [3.05, 3.63) is 62.6 Å². The minimum atomic E-state index is -3.26. The second kappa shape index (κ2) is 9.86. The van der Waals surface area contributed by atoms with Crippen molar-refractivity contribution in [1.82, 2.24) is 4.72 Å². The quantitative estimate of drug-likeness (QED) is 0.272. The van der Waals surface area contributed by atoms with Crippen LogP contribution in [0.25, 0.3) is 11.0 Å². The Morgan fingerprint density at radius 2 is 1.87 bits per heavy atom. The van der Waals surface area contributed by atoms with Crippen molar-refractivity contribution in [2.24, 2.45) is 0 Å². The molecule has 0 radical (unpaired) electrons. The highest BCUT2D eigenvalue weighted by molar-refractivity contribution is 7.88. The van der Waals surface area contributed by atoms with E-state index in [-0.39, 0.29) is 12.3 Å². The van der Waals surface area contributed by atoms with Gasteiger partial charge in [0.05, 0.1) is 11.1 Å². The van der Waals surface area contributed by atoms with Gasteiger partial charge in [0.15, 0.2) is 13.2 Å². The molecule has 164 valence electrons. The van der Waals surface area contributed by atoms with E-state index in [0.29, 0.717) is 28.0 Å². The van der Waals surface area contributed by atoms with E-state index in [2.05, 4.69) is 4.72 Å². The van der Waals surface area contributed by atoms with E-state index in [1.165, 1.54) is 23.5 Å². The molecule has 9 nitrogen and oxygen atoms in total. The number of carbonyl (C=O) groups is 2. The number of hydrogen-bond donors (Lipinski definition) is 1. The van der Waals surface area contributed by atoms with Crippen LogP contribution in [0.1, 0.15) is 14.5 Å². The van der Waals surface area contributed by atoms with Gasteiger partial charge in [-0.05, 0) is 36.8 Å². The molecule has 1 N–H and O–H groups in total. The van der Waals surface area contributed by atoms with Crippen molar-refractivity contribution in [2.75, 3.05) is 26.0 Å². The van der Waals surface area contributed by atoms with Gasteiger partial charge in [-0.3, -0.25) is 4.79 Å². The standard InChI is InChI=1S/C20H19NO8S2/c1-31(25,26)21-9-8-15-5-6-18(30-15)16(22)11-28-20(24)12-27-14-4-2-13-3-7-19(23)29-17(13)10-14/h2-7,10,21H,8-9,11-12H2,1H3. The molecule has 0 aliphatic carbocycles. The van der Waals surface area contributed by atoms with Gasteiger partial charge in [0.25, 0.3) is 0 Å².